The normalized spacial score (nSPS) is 11.8. The van der Waals surface area contributed by atoms with Crippen LogP contribution in [0.5, 0.6) is 17.4 Å². The van der Waals surface area contributed by atoms with Gasteiger partial charge < -0.3 is 25.1 Å². The molecule has 0 atom stereocenters. The predicted molar refractivity (Wildman–Crippen MR) is 148 cm³/mol. The van der Waals surface area contributed by atoms with E-state index in [1.54, 1.807) is 41.9 Å². The first-order chi connectivity index (χ1) is 17.8. The van der Waals surface area contributed by atoms with Gasteiger partial charge in [0.2, 0.25) is 21.9 Å². The van der Waals surface area contributed by atoms with Crippen molar-refractivity contribution in [3.8, 4) is 17.4 Å². The molecular weight excluding hydrogens is 508 g/mol. The molecule has 12 heteroatoms. The van der Waals surface area contributed by atoms with Crippen molar-refractivity contribution in [2.24, 2.45) is 7.05 Å². The zero-order valence-corrected chi connectivity index (χ0v) is 22.8. The zero-order chi connectivity index (χ0) is 27.8. The number of ether oxygens (including phenoxy) is 2. The largest absolute Gasteiger partial charge is 0.492 e. The van der Waals surface area contributed by atoms with Crippen LogP contribution < -0.4 is 25.2 Å². The maximum absolute atomic E-state index is 13.5. The Morgan fingerprint density at radius 1 is 1.11 bits per heavy atom. The van der Waals surface area contributed by atoms with E-state index in [2.05, 4.69) is 20.0 Å². The quantitative estimate of drug-likeness (QED) is 0.316. The maximum atomic E-state index is 13.5. The number of amides is 1. The monoisotopic (exact) mass is 538 g/mol. The van der Waals surface area contributed by atoms with Gasteiger partial charge in [0.15, 0.2) is 11.5 Å². The second-order valence-corrected chi connectivity index (χ2v) is 11.6. The number of nitrogens with zero attached hydrogens (tertiary/aromatic N) is 3. The maximum Gasteiger partial charge on any atom is 0.272 e. The minimum atomic E-state index is -3.60. The van der Waals surface area contributed by atoms with E-state index in [1.165, 1.54) is 13.3 Å². The van der Waals surface area contributed by atoms with Gasteiger partial charge in [0.05, 0.1) is 30.3 Å². The molecule has 4 aromatic rings. The summed E-state index contributed by atoms with van der Waals surface area (Å²) in [7, 11) is -0.444. The Bertz CT molecular complexity index is 1640. The number of carbonyl (C=O) groups excluding carboxylic acids is 1. The molecule has 0 saturated heterocycles. The SMILES string of the molecule is COc1c(NC(=O)c2cc3cccc(Oc4ccnc(N)n4)c3n2C)cc(C(C)(C)C)cc1NS(C)(=O)=O. The van der Waals surface area contributed by atoms with Gasteiger partial charge in [-0.1, -0.05) is 32.9 Å². The molecule has 0 aliphatic heterocycles. The summed E-state index contributed by atoms with van der Waals surface area (Å²) in [5, 5.41) is 3.67. The summed E-state index contributed by atoms with van der Waals surface area (Å²) in [5.41, 5.74) is 7.71. The molecule has 11 nitrogen and oxygen atoms in total. The first-order valence-corrected chi connectivity index (χ1v) is 13.5. The number of nitrogen functional groups attached to an aromatic ring is 1. The van der Waals surface area contributed by atoms with Crippen molar-refractivity contribution in [1.82, 2.24) is 14.5 Å². The second-order valence-electron chi connectivity index (χ2n) is 9.82. The number of aromatic nitrogens is 3. The molecule has 0 fully saturated rings. The van der Waals surface area contributed by atoms with Gasteiger partial charge in [-0.15, -0.1) is 0 Å². The standard InChI is InChI=1S/C26H30N6O5S/c1-26(2,3)16-13-17(23(36-5)18(14-16)31-38(6,34)35)29-24(33)19-12-15-8-7-9-20(22(15)32(19)4)37-21-10-11-28-25(27)30-21/h7-14,31H,1-6H3,(H,29,33)(H2,27,28,30). The molecule has 0 saturated carbocycles. The third-order valence-electron chi connectivity index (χ3n) is 5.82. The fourth-order valence-corrected chi connectivity index (χ4v) is 4.59. The number of methoxy groups -OCH3 is 1. The zero-order valence-electron chi connectivity index (χ0n) is 22.0. The average Bonchev–Trinajstić information content (AvgIpc) is 3.15. The van der Waals surface area contributed by atoms with E-state index in [1.807, 2.05) is 32.9 Å². The third-order valence-corrected chi connectivity index (χ3v) is 6.41. The first-order valence-electron chi connectivity index (χ1n) is 11.6. The van der Waals surface area contributed by atoms with E-state index in [0.717, 1.165) is 17.2 Å². The Morgan fingerprint density at radius 3 is 2.45 bits per heavy atom. The highest BCUT2D eigenvalue weighted by Crippen LogP contribution is 2.39. The molecule has 0 unspecified atom stereocenters. The van der Waals surface area contributed by atoms with E-state index in [4.69, 9.17) is 15.2 Å². The van der Waals surface area contributed by atoms with Crippen LogP contribution in [0.4, 0.5) is 17.3 Å². The highest BCUT2D eigenvalue weighted by Gasteiger charge is 2.24. The van der Waals surface area contributed by atoms with Crippen LogP contribution in [0.15, 0.2) is 48.7 Å². The molecule has 4 rings (SSSR count). The van der Waals surface area contributed by atoms with E-state index in [0.29, 0.717) is 22.6 Å². The summed E-state index contributed by atoms with van der Waals surface area (Å²) in [4.78, 5) is 21.5. The Labute approximate surface area is 221 Å². The average molecular weight is 539 g/mol. The van der Waals surface area contributed by atoms with Crippen molar-refractivity contribution >= 4 is 44.2 Å². The van der Waals surface area contributed by atoms with Crippen LogP contribution in [-0.4, -0.2) is 42.2 Å². The number of nitrogens with one attached hydrogen (secondary N) is 2. The Hall–Kier alpha value is -4.32. The fourth-order valence-electron chi connectivity index (χ4n) is 4.04. The number of para-hydroxylation sites is 1. The Balaban J connectivity index is 1.76. The number of sulfonamides is 1. The number of benzene rings is 2. The molecule has 1 amide bonds. The van der Waals surface area contributed by atoms with Gasteiger partial charge in [-0.25, -0.2) is 13.4 Å². The van der Waals surface area contributed by atoms with Gasteiger partial charge >= 0.3 is 0 Å². The highest BCUT2D eigenvalue weighted by atomic mass is 32.2. The van der Waals surface area contributed by atoms with Crippen molar-refractivity contribution in [2.75, 3.05) is 29.1 Å². The highest BCUT2D eigenvalue weighted by molar-refractivity contribution is 7.92. The van der Waals surface area contributed by atoms with Gasteiger partial charge in [-0.2, -0.15) is 4.98 Å². The Kier molecular flexibility index (Phi) is 6.94. The molecule has 4 N–H and O–H groups in total. The van der Waals surface area contributed by atoms with Gasteiger partial charge in [0.25, 0.3) is 5.91 Å². The molecule has 200 valence electrons. The van der Waals surface area contributed by atoms with E-state index in [-0.39, 0.29) is 28.7 Å². The fraction of sp³-hybridized carbons (Fsp3) is 0.269. The number of fused-ring (bicyclic) bond motifs is 1. The van der Waals surface area contributed by atoms with Crippen LogP contribution >= 0.6 is 0 Å². The molecule has 2 aromatic carbocycles. The molecule has 0 spiro atoms. The second kappa shape index (κ2) is 9.86. The van der Waals surface area contributed by atoms with E-state index < -0.39 is 15.9 Å². The van der Waals surface area contributed by atoms with Crippen LogP contribution in [0, 0.1) is 0 Å². The summed E-state index contributed by atoms with van der Waals surface area (Å²) < 4.78 is 39.7. The summed E-state index contributed by atoms with van der Waals surface area (Å²) >= 11 is 0. The van der Waals surface area contributed by atoms with Gasteiger partial charge in [0, 0.05) is 24.7 Å². The molecule has 2 aromatic heterocycles. The molecule has 2 heterocycles. The molecular formula is C26H30N6O5S. The topological polar surface area (TPSA) is 150 Å². The molecule has 0 aliphatic rings. The van der Waals surface area contributed by atoms with Gasteiger partial charge in [0.1, 0.15) is 5.69 Å². The number of hydrogen-bond acceptors (Lipinski definition) is 8. The van der Waals surface area contributed by atoms with Gasteiger partial charge in [-0.05, 0) is 35.2 Å². The Morgan fingerprint density at radius 2 is 1.82 bits per heavy atom. The number of anilines is 3. The minimum Gasteiger partial charge on any atom is -0.492 e. The van der Waals surface area contributed by atoms with Crippen LogP contribution in [0.25, 0.3) is 10.9 Å². The summed E-state index contributed by atoms with van der Waals surface area (Å²) in [6.45, 7) is 5.96. The van der Waals surface area contributed by atoms with E-state index in [9.17, 15) is 13.2 Å². The lowest BCUT2D eigenvalue weighted by Crippen LogP contribution is -2.19. The lowest BCUT2D eigenvalue weighted by atomic mass is 9.86. The van der Waals surface area contributed by atoms with Crippen LogP contribution in [0.3, 0.4) is 0 Å². The number of hydrogen-bond donors (Lipinski definition) is 3. The van der Waals surface area contributed by atoms with Crippen molar-refractivity contribution in [2.45, 2.75) is 26.2 Å². The molecule has 0 radical (unpaired) electrons. The smallest absolute Gasteiger partial charge is 0.272 e. The van der Waals surface area contributed by atoms with Crippen molar-refractivity contribution in [1.29, 1.82) is 0 Å². The number of rotatable bonds is 7. The number of carbonyl (C=O) groups is 1. The predicted octanol–water partition coefficient (Wildman–Crippen LogP) is 4.27. The summed E-state index contributed by atoms with van der Waals surface area (Å²) in [6, 6.07) is 12.2. The molecule has 0 bridgehead atoms. The molecule has 38 heavy (non-hydrogen) atoms. The third kappa shape index (κ3) is 5.65. The number of aryl methyl sites for hydroxylation is 1. The van der Waals surface area contributed by atoms with Crippen molar-refractivity contribution in [3.63, 3.8) is 0 Å². The van der Waals surface area contributed by atoms with Crippen molar-refractivity contribution in [3.05, 3.63) is 59.9 Å². The summed E-state index contributed by atoms with van der Waals surface area (Å²) in [6.07, 6.45) is 2.55. The van der Waals surface area contributed by atoms with Crippen LogP contribution in [0.2, 0.25) is 0 Å². The van der Waals surface area contributed by atoms with Gasteiger partial charge in [-0.3, -0.25) is 9.52 Å². The first kappa shape index (κ1) is 26.7. The lowest BCUT2D eigenvalue weighted by Gasteiger charge is -2.24. The molecule has 0 aliphatic carbocycles. The minimum absolute atomic E-state index is 0.0813. The van der Waals surface area contributed by atoms with E-state index >= 15 is 0 Å². The van der Waals surface area contributed by atoms with Crippen molar-refractivity contribution < 1.29 is 22.7 Å². The number of nitrogens with two attached hydrogens (primary N) is 1. The van der Waals surface area contributed by atoms with Crippen LogP contribution in [-0.2, 0) is 22.5 Å². The summed E-state index contributed by atoms with van der Waals surface area (Å²) in [5.74, 6) is 0.607. The lowest BCUT2D eigenvalue weighted by molar-refractivity contribution is 0.101. The van der Waals surface area contributed by atoms with Crippen LogP contribution in [0.1, 0.15) is 36.8 Å².